The van der Waals surface area contributed by atoms with Crippen molar-refractivity contribution >= 4 is 34.2 Å². The van der Waals surface area contributed by atoms with E-state index in [1.54, 1.807) is 0 Å². The first kappa shape index (κ1) is 14.8. The van der Waals surface area contributed by atoms with E-state index in [0.29, 0.717) is 0 Å². The predicted molar refractivity (Wildman–Crippen MR) is 90.9 cm³/mol. The maximum atomic E-state index is 6.25. The van der Waals surface area contributed by atoms with Crippen LogP contribution in [-0.2, 0) is 0 Å². The minimum atomic E-state index is 0.195. The summed E-state index contributed by atoms with van der Waals surface area (Å²) in [5.41, 5.74) is 3.81. The Labute approximate surface area is 133 Å². The van der Waals surface area contributed by atoms with Gasteiger partial charge >= 0.3 is 0 Å². The summed E-state index contributed by atoms with van der Waals surface area (Å²) in [5.74, 6) is 0. The first-order valence-electron chi connectivity index (χ1n) is 6.37. The van der Waals surface area contributed by atoms with Gasteiger partial charge in [-0.2, -0.15) is 0 Å². The molecule has 2 rings (SSSR count). The summed E-state index contributed by atoms with van der Waals surface area (Å²) in [4.78, 5) is 0. The van der Waals surface area contributed by atoms with Gasteiger partial charge in [-0.3, -0.25) is 0 Å². The molecule has 100 valence electrons. The van der Waals surface area contributed by atoms with E-state index in [9.17, 15) is 0 Å². The Morgan fingerprint density at radius 1 is 1.21 bits per heavy atom. The number of hydrogen-bond donors (Lipinski definition) is 1. The van der Waals surface area contributed by atoms with Crippen molar-refractivity contribution in [3.63, 3.8) is 0 Å². The SMILES string of the molecule is CCNC(c1ccc(I)c(Cl)c1)c1ccccc1C. The van der Waals surface area contributed by atoms with Gasteiger partial charge in [-0.25, -0.2) is 0 Å². The Balaban J connectivity index is 2.45. The van der Waals surface area contributed by atoms with Gasteiger partial charge in [0.2, 0.25) is 0 Å². The molecule has 0 aliphatic rings. The minimum absolute atomic E-state index is 0.195. The molecule has 2 aromatic carbocycles. The molecule has 0 aliphatic carbocycles. The maximum absolute atomic E-state index is 6.25. The van der Waals surface area contributed by atoms with Gasteiger partial charge in [-0.1, -0.05) is 48.9 Å². The second-order valence-electron chi connectivity index (χ2n) is 4.52. The number of rotatable bonds is 4. The lowest BCUT2D eigenvalue weighted by molar-refractivity contribution is 0.627. The molecule has 19 heavy (non-hydrogen) atoms. The third-order valence-corrected chi connectivity index (χ3v) is 4.76. The van der Waals surface area contributed by atoms with Crippen molar-refractivity contribution in [2.24, 2.45) is 0 Å². The smallest absolute Gasteiger partial charge is 0.0579 e. The number of nitrogens with one attached hydrogen (secondary N) is 1. The van der Waals surface area contributed by atoms with Gasteiger partial charge in [0.15, 0.2) is 0 Å². The summed E-state index contributed by atoms with van der Waals surface area (Å²) >= 11 is 8.50. The van der Waals surface area contributed by atoms with E-state index in [1.165, 1.54) is 16.7 Å². The highest BCUT2D eigenvalue weighted by Gasteiger charge is 2.15. The van der Waals surface area contributed by atoms with Crippen LogP contribution in [0.15, 0.2) is 42.5 Å². The van der Waals surface area contributed by atoms with Crippen molar-refractivity contribution in [1.29, 1.82) is 0 Å². The van der Waals surface area contributed by atoms with E-state index in [0.717, 1.165) is 15.1 Å². The highest BCUT2D eigenvalue weighted by atomic mass is 127. The highest BCUT2D eigenvalue weighted by molar-refractivity contribution is 14.1. The highest BCUT2D eigenvalue weighted by Crippen LogP contribution is 2.28. The molecule has 0 radical (unpaired) electrons. The summed E-state index contributed by atoms with van der Waals surface area (Å²) in [7, 11) is 0. The zero-order valence-electron chi connectivity index (χ0n) is 11.1. The molecule has 2 aromatic rings. The maximum Gasteiger partial charge on any atom is 0.0579 e. The molecule has 0 aliphatic heterocycles. The Morgan fingerprint density at radius 2 is 1.95 bits per heavy atom. The van der Waals surface area contributed by atoms with Gasteiger partial charge in [0.1, 0.15) is 0 Å². The molecule has 0 fully saturated rings. The van der Waals surface area contributed by atoms with Gasteiger partial charge in [-0.15, -0.1) is 0 Å². The molecule has 0 bridgehead atoms. The van der Waals surface area contributed by atoms with Gasteiger partial charge in [0.25, 0.3) is 0 Å². The van der Waals surface area contributed by atoms with Crippen LogP contribution in [0.1, 0.15) is 29.7 Å². The van der Waals surface area contributed by atoms with Gasteiger partial charge in [0, 0.05) is 3.57 Å². The lowest BCUT2D eigenvalue weighted by atomic mass is 9.95. The average Bonchev–Trinajstić information content (AvgIpc) is 2.40. The summed E-state index contributed by atoms with van der Waals surface area (Å²) < 4.78 is 1.09. The van der Waals surface area contributed by atoms with Crippen LogP contribution < -0.4 is 5.32 Å². The van der Waals surface area contributed by atoms with Crippen molar-refractivity contribution in [3.8, 4) is 0 Å². The minimum Gasteiger partial charge on any atom is -0.307 e. The van der Waals surface area contributed by atoms with E-state index in [4.69, 9.17) is 11.6 Å². The standard InChI is InChI=1S/C16H17ClIN/c1-3-19-16(13-7-5-4-6-11(13)2)12-8-9-15(18)14(17)10-12/h4-10,16,19H,3H2,1-2H3. The zero-order chi connectivity index (χ0) is 13.8. The van der Waals surface area contributed by atoms with Crippen molar-refractivity contribution in [2.75, 3.05) is 6.54 Å². The Hall–Kier alpha value is -0.580. The van der Waals surface area contributed by atoms with Crippen molar-refractivity contribution in [3.05, 3.63) is 67.7 Å². The molecule has 0 amide bonds. The number of halogens is 2. The third kappa shape index (κ3) is 3.50. The molecule has 0 saturated heterocycles. The van der Waals surface area contributed by atoms with Crippen LogP contribution in [-0.4, -0.2) is 6.54 Å². The second kappa shape index (κ2) is 6.73. The molecule has 1 atom stereocenters. The fraction of sp³-hybridized carbons (Fsp3) is 0.250. The third-order valence-electron chi connectivity index (χ3n) is 3.18. The van der Waals surface area contributed by atoms with E-state index < -0.39 is 0 Å². The van der Waals surface area contributed by atoms with Crippen LogP contribution in [0.25, 0.3) is 0 Å². The quantitative estimate of drug-likeness (QED) is 0.734. The lowest BCUT2D eigenvalue weighted by Gasteiger charge is -2.21. The largest absolute Gasteiger partial charge is 0.307 e. The molecule has 1 unspecified atom stereocenters. The van der Waals surface area contributed by atoms with E-state index in [-0.39, 0.29) is 6.04 Å². The van der Waals surface area contributed by atoms with Crippen LogP contribution in [0.2, 0.25) is 5.02 Å². The molecular formula is C16H17ClIN. The monoisotopic (exact) mass is 385 g/mol. The number of benzene rings is 2. The van der Waals surface area contributed by atoms with Crippen LogP contribution in [0, 0.1) is 10.5 Å². The first-order valence-corrected chi connectivity index (χ1v) is 7.83. The van der Waals surface area contributed by atoms with Crippen LogP contribution in [0.4, 0.5) is 0 Å². The lowest BCUT2D eigenvalue weighted by Crippen LogP contribution is -2.22. The predicted octanol–water partition coefficient (Wildman–Crippen LogP) is 4.95. The van der Waals surface area contributed by atoms with Crippen molar-refractivity contribution < 1.29 is 0 Å². The fourth-order valence-corrected chi connectivity index (χ4v) is 2.74. The summed E-state index contributed by atoms with van der Waals surface area (Å²) in [6, 6.07) is 14.9. The Bertz CT molecular complexity index is 568. The van der Waals surface area contributed by atoms with Crippen LogP contribution >= 0.6 is 34.2 Å². The Morgan fingerprint density at radius 3 is 2.58 bits per heavy atom. The van der Waals surface area contributed by atoms with Crippen molar-refractivity contribution in [2.45, 2.75) is 19.9 Å². The topological polar surface area (TPSA) is 12.0 Å². The molecule has 3 heteroatoms. The van der Waals surface area contributed by atoms with Gasteiger partial charge in [0.05, 0.1) is 11.1 Å². The normalized spacial score (nSPS) is 12.4. The molecule has 0 heterocycles. The van der Waals surface area contributed by atoms with Crippen molar-refractivity contribution in [1.82, 2.24) is 5.32 Å². The number of aryl methyl sites for hydroxylation is 1. The summed E-state index contributed by atoms with van der Waals surface area (Å²) in [6.07, 6.45) is 0. The second-order valence-corrected chi connectivity index (χ2v) is 6.09. The molecule has 0 saturated carbocycles. The molecule has 1 nitrogen and oxygen atoms in total. The van der Waals surface area contributed by atoms with Gasteiger partial charge in [-0.05, 0) is 64.9 Å². The number of hydrogen-bond acceptors (Lipinski definition) is 1. The molecular weight excluding hydrogens is 369 g/mol. The Kier molecular flexibility index (Phi) is 5.25. The van der Waals surface area contributed by atoms with Gasteiger partial charge < -0.3 is 5.32 Å². The summed E-state index contributed by atoms with van der Waals surface area (Å²) in [5, 5.41) is 4.36. The van der Waals surface area contributed by atoms with E-state index in [1.807, 2.05) is 0 Å². The summed E-state index contributed by atoms with van der Waals surface area (Å²) in [6.45, 7) is 5.19. The first-order chi connectivity index (χ1) is 9.13. The molecule has 0 aromatic heterocycles. The van der Waals surface area contributed by atoms with E-state index >= 15 is 0 Å². The zero-order valence-corrected chi connectivity index (χ0v) is 14.0. The van der Waals surface area contributed by atoms with E-state index in [2.05, 4.69) is 84.2 Å². The molecule has 1 N–H and O–H groups in total. The van der Waals surface area contributed by atoms with Crippen LogP contribution in [0.3, 0.4) is 0 Å². The fourth-order valence-electron chi connectivity index (χ4n) is 2.21. The van der Waals surface area contributed by atoms with Crippen LogP contribution in [0.5, 0.6) is 0 Å². The average molecular weight is 386 g/mol. The molecule has 0 spiro atoms.